The standard InChI is InChI=1S/C27H27N3O3S/c1-3-22(19-13-7-5-8-14-19)29-27(31)24-21-17-11-12-18-23(21)28-25(20-15-9-6-10-16-20)26(24)30-34(32,33)4-2/h5-18,22,30H,3-4H2,1-2H3,(H,29,31). The number of rotatable bonds is 8. The maximum Gasteiger partial charge on any atom is 0.254 e. The molecule has 6 nitrogen and oxygen atoms in total. The number of fused-ring (bicyclic) bond motifs is 1. The van der Waals surface area contributed by atoms with Crippen LogP contribution in [0.15, 0.2) is 84.9 Å². The number of nitrogens with zero attached hydrogens (tertiary/aromatic N) is 1. The smallest absolute Gasteiger partial charge is 0.254 e. The van der Waals surface area contributed by atoms with Gasteiger partial charge in [-0.25, -0.2) is 13.4 Å². The lowest BCUT2D eigenvalue weighted by Crippen LogP contribution is -2.30. The van der Waals surface area contributed by atoms with Gasteiger partial charge in [-0.05, 0) is 25.0 Å². The van der Waals surface area contributed by atoms with Crippen LogP contribution in [0, 0.1) is 0 Å². The fourth-order valence-electron chi connectivity index (χ4n) is 3.92. The monoisotopic (exact) mass is 473 g/mol. The van der Waals surface area contributed by atoms with E-state index >= 15 is 0 Å². The third-order valence-corrected chi connectivity index (χ3v) is 7.00. The lowest BCUT2D eigenvalue weighted by atomic mass is 9.99. The van der Waals surface area contributed by atoms with Crippen molar-refractivity contribution in [3.05, 3.63) is 96.1 Å². The van der Waals surface area contributed by atoms with Gasteiger partial charge in [0.15, 0.2) is 0 Å². The summed E-state index contributed by atoms with van der Waals surface area (Å²) in [6, 6.07) is 26.1. The average molecular weight is 474 g/mol. The molecule has 0 radical (unpaired) electrons. The molecule has 1 aromatic heterocycles. The summed E-state index contributed by atoms with van der Waals surface area (Å²) >= 11 is 0. The van der Waals surface area contributed by atoms with E-state index in [2.05, 4.69) is 10.0 Å². The first-order valence-electron chi connectivity index (χ1n) is 11.3. The molecule has 4 rings (SSSR count). The van der Waals surface area contributed by atoms with E-state index in [4.69, 9.17) is 4.98 Å². The number of hydrogen-bond acceptors (Lipinski definition) is 4. The van der Waals surface area contributed by atoms with Crippen LogP contribution < -0.4 is 10.0 Å². The van der Waals surface area contributed by atoms with Crippen molar-refractivity contribution < 1.29 is 13.2 Å². The van der Waals surface area contributed by atoms with E-state index < -0.39 is 10.0 Å². The molecule has 4 aromatic rings. The number of sulfonamides is 1. The van der Waals surface area contributed by atoms with Crippen LogP contribution >= 0.6 is 0 Å². The van der Waals surface area contributed by atoms with Gasteiger partial charge in [-0.15, -0.1) is 0 Å². The molecule has 7 heteroatoms. The van der Waals surface area contributed by atoms with E-state index in [0.29, 0.717) is 28.6 Å². The van der Waals surface area contributed by atoms with E-state index in [9.17, 15) is 13.2 Å². The lowest BCUT2D eigenvalue weighted by molar-refractivity contribution is 0.0938. The summed E-state index contributed by atoms with van der Waals surface area (Å²) in [7, 11) is -3.68. The highest BCUT2D eigenvalue weighted by Crippen LogP contribution is 2.35. The van der Waals surface area contributed by atoms with Crippen LogP contribution in [-0.2, 0) is 10.0 Å². The minimum atomic E-state index is -3.68. The van der Waals surface area contributed by atoms with Gasteiger partial charge in [-0.2, -0.15) is 0 Å². The summed E-state index contributed by atoms with van der Waals surface area (Å²) < 4.78 is 28.0. The zero-order chi connectivity index (χ0) is 24.1. The summed E-state index contributed by atoms with van der Waals surface area (Å²) in [5.41, 5.74) is 3.16. The predicted molar refractivity (Wildman–Crippen MR) is 137 cm³/mol. The molecule has 1 amide bonds. The van der Waals surface area contributed by atoms with Gasteiger partial charge in [0, 0.05) is 10.9 Å². The number of carbonyl (C=O) groups excluding carboxylic acids is 1. The summed E-state index contributed by atoms with van der Waals surface area (Å²) in [4.78, 5) is 18.6. The van der Waals surface area contributed by atoms with Crippen LogP contribution in [0.3, 0.4) is 0 Å². The molecular weight excluding hydrogens is 446 g/mol. The van der Waals surface area contributed by atoms with Crippen LogP contribution in [0.5, 0.6) is 0 Å². The molecule has 1 heterocycles. The Morgan fingerprint density at radius 1 is 0.882 bits per heavy atom. The van der Waals surface area contributed by atoms with Gasteiger partial charge in [0.05, 0.1) is 34.3 Å². The predicted octanol–water partition coefficient (Wildman–Crippen LogP) is 5.54. The van der Waals surface area contributed by atoms with Crippen LogP contribution in [-0.4, -0.2) is 25.1 Å². The van der Waals surface area contributed by atoms with Crippen molar-refractivity contribution in [1.29, 1.82) is 0 Å². The van der Waals surface area contributed by atoms with Crippen LogP contribution in [0.25, 0.3) is 22.2 Å². The van der Waals surface area contributed by atoms with Crippen LogP contribution in [0.2, 0.25) is 0 Å². The van der Waals surface area contributed by atoms with E-state index in [0.717, 1.165) is 5.56 Å². The Kier molecular flexibility index (Phi) is 6.93. The van der Waals surface area contributed by atoms with Gasteiger partial charge in [0.1, 0.15) is 0 Å². The molecule has 0 spiro atoms. The molecule has 0 saturated carbocycles. The topological polar surface area (TPSA) is 88.2 Å². The van der Waals surface area contributed by atoms with Crippen molar-refractivity contribution in [3.63, 3.8) is 0 Å². The Morgan fingerprint density at radius 3 is 2.15 bits per heavy atom. The number of aromatic nitrogens is 1. The maximum absolute atomic E-state index is 13.8. The van der Waals surface area contributed by atoms with E-state index in [1.54, 1.807) is 13.0 Å². The molecule has 1 unspecified atom stereocenters. The Balaban J connectivity index is 1.94. The maximum atomic E-state index is 13.8. The molecule has 34 heavy (non-hydrogen) atoms. The summed E-state index contributed by atoms with van der Waals surface area (Å²) in [6.07, 6.45) is 0.681. The van der Waals surface area contributed by atoms with Crippen molar-refractivity contribution in [1.82, 2.24) is 10.3 Å². The van der Waals surface area contributed by atoms with Gasteiger partial charge < -0.3 is 5.32 Å². The second-order valence-electron chi connectivity index (χ2n) is 7.94. The zero-order valence-corrected chi connectivity index (χ0v) is 20.0. The number of benzene rings is 3. The van der Waals surface area contributed by atoms with Crippen molar-refractivity contribution in [2.75, 3.05) is 10.5 Å². The average Bonchev–Trinajstić information content (AvgIpc) is 2.87. The second-order valence-corrected chi connectivity index (χ2v) is 9.96. The summed E-state index contributed by atoms with van der Waals surface area (Å²) in [5, 5.41) is 3.69. The fourth-order valence-corrected chi connectivity index (χ4v) is 4.57. The Morgan fingerprint density at radius 2 is 1.50 bits per heavy atom. The molecule has 1 atom stereocenters. The minimum Gasteiger partial charge on any atom is -0.345 e. The number of carbonyl (C=O) groups is 1. The van der Waals surface area contributed by atoms with Gasteiger partial charge in [-0.3, -0.25) is 9.52 Å². The van der Waals surface area contributed by atoms with Gasteiger partial charge in [0.25, 0.3) is 5.91 Å². The quantitative estimate of drug-likeness (QED) is 0.351. The zero-order valence-electron chi connectivity index (χ0n) is 19.2. The number of hydrogen-bond donors (Lipinski definition) is 2. The van der Waals surface area contributed by atoms with Crippen molar-refractivity contribution in [2.45, 2.75) is 26.3 Å². The molecule has 0 aliphatic heterocycles. The molecule has 0 aliphatic carbocycles. The first-order chi connectivity index (χ1) is 16.4. The van der Waals surface area contributed by atoms with Crippen LogP contribution in [0.4, 0.5) is 5.69 Å². The highest BCUT2D eigenvalue weighted by molar-refractivity contribution is 7.92. The number of anilines is 1. The van der Waals surface area contributed by atoms with Gasteiger partial charge in [-0.1, -0.05) is 85.8 Å². The normalized spacial score (nSPS) is 12.3. The Labute approximate surface area is 200 Å². The van der Waals surface area contributed by atoms with E-state index in [1.807, 2.05) is 85.8 Å². The lowest BCUT2D eigenvalue weighted by Gasteiger charge is -2.22. The molecule has 0 bridgehead atoms. The van der Waals surface area contributed by atoms with Gasteiger partial charge >= 0.3 is 0 Å². The number of nitrogens with one attached hydrogen (secondary N) is 2. The largest absolute Gasteiger partial charge is 0.345 e. The molecule has 2 N–H and O–H groups in total. The summed E-state index contributed by atoms with van der Waals surface area (Å²) in [6.45, 7) is 3.56. The number of amides is 1. The molecule has 0 aliphatic rings. The summed E-state index contributed by atoms with van der Waals surface area (Å²) in [5.74, 6) is -0.489. The molecule has 3 aromatic carbocycles. The second kappa shape index (κ2) is 10.1. The Hall–Kier alpha value is -3.71. The van der Waals surface area contributed by atoms with Crippen molar-refractivity contribution in [2.24, 2.45) is 0 Å². The molecule has 0 saturated heterocycles. The first-order valence-corrected chi connectivity index (χ1v) is 12.9. The molecular formula is C27H27N3O3S. The van der Waals surface area contributed by atoms with Crippen molar-refractivity contribution in [3.8, 4) is 11.3 Å². The number of para-hydroxylation sites is 1. The van der Waals surface area contributed by atoms with Crippen molar-refractivity contribution >= 4 is 32.5 Å². The highest BCUT2D eigenvalue weighted by Gasteiger charge is 2.26. The highest BCUT2D eigenvalue weighted by atomic mass is 32.2. The molecule has 174 valence electrons. The van der Waals surface area contributed by atoms with E-state index in [1.165, 1.54) is 0 Å². The minimum absolute atomic E-state index is 0.128. The van der Waals surface area contributed by atoms with Gasteiger partial charge in [0.2, 0.25) is 10.0 Å². The fraction of sp³-hybridized carbons (Fsp3) is 0.185. The third kappa shape index (κ3) is 4.94. The number of pyridine rings is 1. The Bertz CT molecular complexity index is 1410. The SMILES string of the molecule is CCC(NC(=O)c1c(NS(=O)(=O)CC)c(-c2ccccc2)nc2ccccc12)c1ccccc1. The first kappa shape index (κ1) is 23.4. The third-order valence-electron chi connectivity index (χ3n) is 5.72. The molecule has 0 fully saturated rings. The van der Waals surface area contributed by atoms with Crippen LogP contribution in [0.1, 0.15) is 42.2 Å². The van der Waals surface area contributed by atoms with E-state index in [-0.39, 0.29) is 29.0 Å².